The zero-order chi connectivity index (χ0) is 18.4. The van der Waals surface area contributed by atoms with Gasteiger partial charge < -0.3 is 15.5 Å². The average molecular weight is 416 g/mol. The number of nitrogens with zero attached hydrogens (tertiary/aromatic N) is 3. The quantitative estimate of drug-likeness (QED) is 0.579. The number of halogens is 1. The van der Waals surface area contributed by atoms with Crippen LogP contribution in [0.5, 0.6) is 0 Å². The molecule has 1 saturated heterocycles. The third kappa shape index (κ3) is 4.97. The number of aryl methyl sites for hydroxylation is 1. The van der Waals surface area contributed by atoms with E-state index in [4.69, 9.17) is 4.99 Å². The van der Waals surface area contributed by atoms with Gasteiger partial charge in [0, 0.05) is 42.0 Å². The van der Waals surface area contributed by atoms with Gasteiger partial charge in [-0.2, -0.15) is 0 Å². The fourth-order valence-electron chi connectivity index (χ4n) is 3.12. The van der Waals surface area contributed by atoms with Gasteiger partial charge in [-0.1, -0.05) is 22.0 Å². The third-order valence-electron chi connectivity index (χ3n) is 4.57. The molecule has 1 aromatic carbocycles. The molecule has 0 bridgehead atoms. The van der Waals surface area contributed by atoms with Gasteiger partial charge in [0.25, 0.3) is 0 Å². The van der Waals surface area contributed by atoms with Gasteiger partial charge in [-0.05, 0) is 56.2 Å². The lowest BCUT2D eigenvalue weighted by Gasteiger charge is -2.20. The van der Waals surface area contributed by atoms with Gasteiger partial charge in [-0.25, -0.2) is 4.99 Å². The van der Waals surface area contributed by atoms with E-state index in [0.717, 1.165) is 42.2 Å². The van der Waals surface area contributed by atoms with Crippen LogP contribution >= 0.6 is 15.9 Å². The molecule has 138 valence electrons. The minimum absolute atomic E-state index is 0.390. The Kier molecular flexibility index (Phi) is 6.50. The molecule has 1 aliphatic heterocycles. The zero-order valence-corrected chi connectivity index (χ0v) is 17.0. The highest BCUT2D eigenvalue weighted by Crippen LogP contribution is 2.22. The van der Waals surface area contributed by atoms with Gasteiger partial charge in [0.2, 0.25) is 0 Å². The fraction of sp³-hybridized carbons (Fsp3) is 0.400. The SMILES string of the molecule is CCNC(=NCc1ncccc1C)NC1CCN(c2ccc(Br)cc2)C1. The summed E-state index contributed by atoms with van der Waals surface area (Å²) in [6, 6.07) is 12.9. The predicted molar refractivity (Wildman–Crippen MR) is 112 cm³/mol. The molecule has 1 atom stereocenters. The molecule has 0 radical (unpaired) electrons. The average Bonchev–Trinajstić information content (AvgIpc) is 3.10. The Bertz CT molecular complexity index is 744. The summed E-state index contributed by atoms with van der Waals surface area (Å²) in [6.07, 6.45) is 2.92. The van der Waals surface area contributed by atoms with Crippen molar-refractivity contribution in [3.63, 3.8) is 0 Å². The Morgan fingerprint density at radius 2 is 2.12 bits per heavy atom. The Morgan fingerprint density at radius 3 is 2.85 bits per heavy atom. The molecule has 1 unspecified atom stereocenters. The summed E-state index contributed by atoms with van der Waals surface area (Å²) in [6.45, 7) is 7.63. The van der Waals surface area contributed by atoms with Crippen LogP contribution in [0.3, 0.4) is 0 Å². The Balaban J connectivity index is 1.60. The molecule has 3 rings (SSSR count). The number of guanidine groups is 1. The molecule has 1 fully saturated rings. The van der Waals surface area contributed by atoms with Crippen LogP contribution in [-0.2, 0) is 6.54 Å². The van der Waals surface area contributed by atoms with Crippen LogP contribution in [-0.4, -0.2) is 36.6 Å². The van der Waals surface area contributed by atoms with Gasteiger partial charge >= 0.3 is 0 Å². The maximum atomic E-state index is 4.72. The molecule has 26 heavy (non-hydrogen) atoms. The van der Waals surface area contributed by atoms with Crippen LogP contribution in [0.15, 0.2) is 52.1 Å². The van der Waals surface area contributed by atoms with Crippen molar-refractivity contribution in [1.29, 1.82) is 0 Å². The fourth-order valence-corrected chi connectivity index (χ4v) is 3.38. The second-order valence-corrected chi connectivity index (χ2v) is 7.43. The molecular weight excluding hydrogens is 390 g/mol. The molecule has 0 saturated carbocycles. The van der Waals surface area contributed by atoms with Crippen molar-refractivity contribution in [2.24, 2.45) is 4.99 Å². The molecule has 2 N–H and O–H groups in total. The zero-order valence-electron chi connectivity index (χ0n) is 15.4. The van der Waals surface area contributed by atoms with E-state index >= 15 is 0 Å². The number of pyridine rings is 1. The number of aliphatic imine (C=N–C) groups is 1. The van der Waals surface area contributed by atoms with Crippen LogP contribution in [0.1, 0.15) is 24.6 Å². The van der Waals surface area contributed by atoms with Gasteiger partial charge in [-0.15, -0.1) is 0 Å². The van der Waals surface area contributed by atoms with Crippen LogP contribution < -0.4 is 15.5 Å². The van der Waals surface area contributed by atoms with Gasteiger partial charge in [-0.3, -0.25) is 4.98 Å². The summed E-state index contributed by atoms with van der Waals surface area (Å²) >= 11 is 3.50. The highest BCUT2D eigenvalue weighted by atomic mass is 79.9. The maximum Gasteiger partial charge on any atom is 0.191 e. The first-order valence-electron chi connectivity index (χ1n) is 9.11. The van der Waals surface area contributed by atoms with Crippen molar-refractivity contribution in [3.05, 3.63) is 58.3 Å². The Labute approximate surface area is 164 Å². The molecule has 2 heterocycles. The van der Waals surface area contributed by atoms with Crippen molar-refractivity contribution < 1.29 is 0 Å². The molecule has 0 spiro atoms. The van der Waals surface area contributed by atoms with E-state index in [0.29, 0.717) is 12.6 Å². The van der Waals surface area contributed by atoms with E-state index < -0.39 is 0 Å². The van der Waals surface area contributed by atoms with Gasteiger partial charge in [0.05, 0.1) is 12.2 Å². The lowest BCUT2D eigenvalue weighted by Crippen LogP contribution is -2.44. The number of nitrogens with one attached hydrogen (secondary N) is 2. The van der Waals surface area contributed by atoms with Gasteiger partial charge in [0.1, 0.15) is 0 Å². The normalized spacial score (nSPS) is 17.4. The highest BCUT2D eigenvalue weighted by Gasteiger charge is 2.23. The minimum atomic E-state index is 0.390. The van der Waals surface area contributed by atoms with Crippen LogP contribution in [0.25, 0.3) is 0 Å². The molecule has 1 aliphatic rings. The summed E-state index contributed by atoms with van der Waals surface area (Å²) in [5.74, 6) is 0.861. The number of anilines is 1. The van der Waals surface area contributed by atoms with E-state index in [1.54, 1.807) is 0 Å². The van der Waals surface area contributed by atoms with E-state index in [1.807, 2.05) is 12.3 Å². The summed E-state index contributed by atoms with van der Waals surface area (Å²) < 4.78 is 1.11. The van der Waals surface area contributed by atoms with E-state index in [-0.39, 0.29) is 0 Å². The van der Waals surface area contributed by atoms with Gasteiger partial charge in [0.15, 0.2) is 5.96 Å². The number of rotatable bonds is 5. The smallest absolute Gasteiger partial charge is 0.191 e. The van der Waals surface area contributed by atoms with Crippen molar-refractivity contribution in [1.82, 2.24) is 15.6 Å². The molecule has 6 heteroatoms. The Hall–Kier alpha value is -2.08. The first kappa shape index (κ1) is 18.7. The third-order valence-corrected chi connectivity index (χ3v) is 5.10. The minimum Gasteiger partial charge on any atom is -0.369 e. The van der Waals surface area contributed by atoms with Crippen LogP contribution in [0, 0.1) is 6.92 Å². The number of aromatic nitrogens is 1. The monoisotopic (exact) mass is 415 g/mol. The Morgan fingerprint density at radius 1 is 1.31 bits per heavy atom. The first-order valence-corrected chi connectivity index (χ1v) is 9.91. The predicted octanol–water partition coefficient (Wildman–Crippen LogP) is 3.49. The summed E-state index contributed by atoms with van der Waals surface area (Å²) in [7, 11) is 0. The molecule has 1 aromatic heterocycles. The second-order valence-electron chi connectivity index (χ2n) is 6.51. The number of hydrogen-bond donors (Lipinski definition) is 2. The van der Waals surface area contributed by atoms with Crippen molar-refractivity contribution in [3.8, 4) is 0 Å². The second kappa shape index (κ2) is 9.03. The molecule has 0 amide bonds. The lowest BCUT2D eigenvalue weighted by molar-refractivity contribution is 0.648. The largest absolute Gasteiger partial charge is 0.369 e. The summed E-state index contributed by atoms with van der Waals surface area (Å²) in [5, 5.41) is 6.93. The molecule has 5 nitrogen and oxygen atoms in total. The molecular formula is C20H26BrN5. The first-order chi connectivity index (χ1) is 12.7. The summed E-state index contributed by atoms with van der Waals surface area (Å²) in [4.78, 5) is 11.6. The molecule has 2 aromatic rings. The standard InChI is InChI=1S/C20H26BrN5/c1-3-22-20(24-13-19-15(2)5-4-11-23-19)25-17-10-12-26(14-17)18-8-6-16(21)7-9-18/h4-9,11,17H,3,10,12-14H2,1-2H3,(H2,22,24,25). The summed E-state index contributed by atoms with van der Waals surface area (Å²) in [5.41, 5.74) is 3.46. The molecule has 0 aliphatic carbocycles. The highest BCUT2D eigenvalue weighted by molar-refractivity contribution is 9.10. The van der Waals surface area contributed by atoms with E-state index in [1.165, 1.54) is 11.3 Å². The van der Waals surface area contributed by atoms with E-state index in [9.17, 15) is 0 Å². The van der Waals surface area contributed by atoms with Crippen molar-refractivity contribution >= 4 is 27.6 Å². The topological polar surface area (TPSA) is 52.6 Å². The lowest BCUT2D eigenvalue weighted by atomic mass is 10.2. The van der Waals surface area contributed by atoms with Crippen molar-refractivity contribution in [2.45, 2.75) is 32.9 Å². The maximum absolute atomic E-state index is 4.72. The van der Waals surface area contributed by atoms with Crippen LogP contribution in [0.4, 0.5) is 5.69 Å². The number of benzene rings is 1. The van der Waals surface area contributed by atoms with Crippen molar-refractivity contribution in [2.75, 3.05) is 24.5 Å². The van der Waals surface area contributed by atoms with E-state index in [2.05, 4.69) is 80.6 Å². The number of hydrogen-bond acceptors (Lipinski definition) is 3. The van der Waals surface area contributed by atoms with Crippen LogP contribution in [0.2, 0.25) is 0 Å².